The molecule has 0 bridgehead atoms. The van der Waals surface area contributed by atoms with Gasteiger partial charge in [-0.1, -0.05) is 63.2 Å². The molecule has 2 amide bonds. The summed E-state index contributed by atoms with van der Waals surface area (Å²) in [6.45, 7) is 17.2. The lowest BCUT2D eigenvalue weighted by Gasteiger charge is -2.41. The molecule has 1 unspecified atom stereocenters. The lowest BCUT2D eigenvalue weighted by Crippen LogP contribution is -2.53. The van der Waals surface area contributed by atoms with Crippen LogP contribution in [0.1, 0.15) is 71.1 Å². The van der Waals surface area contributed by atoms with Crippen LogP contribution in [0.5, 0.6) is 17.2 Å². The van der Waals surface area contributed by atoms with Crippen molar-refractivity contribution in [2.75, 3.05) is 44.4 Å². The Labute approximate surface area is 355 Å². The maximum absolute atomic E-state index is 15.3. The Kier molecular flexibility index (Phi) is 10.8. The molecule has 0 radical (unpaired) electrons. The number of nitrogens with one attached hydrogen (secondary N) is 1. The summed E-state index contributed by atoms with van der Waals surface area (Å²) in [5, 5.41) is 3.52. The molecule has 10 nitrogen and oxygen atoms in total. The number of hydrogen-bond acceptors (Lipinski definition) is 7. The first-order chi connectivity index (χ1) is 28.9. The van der Waals surface area contributed by atoms with Crippen LogP contribution in [0.4, 0.5) is 11.4 Å². The van der Waals surface area contributed by atoms with Crippen LogP contribution in [0.15, 0.2) is 97.1 Å². The minimum atomic E-state index is -2.07. The third-order valence-corrected chi connectivity index (χ3v) is 17.6. The van der Waals surface area contributed by atoms with E-state index in [9.17, 15) is 0 Å². The van der Waals surface area contributed by atoms with E-state index in [0.717, 1.165) is 99.0 Å². The molecule has 5 heterocycles. The minimum Gasteiger partial charge on any atom is -0.544 e. The van der Waals surface area contributed by atoms with Crippen molar-refractivity contribution in [2.45, 2.75) is 83.7 Å². The number of ether oxygens (including phenoxy) is 2. The summed E-state index contributed by atoms with van der Waals surface area (Å²) in [5.74, 6) is 1.82. The molecule has 0 saturated carbocycles. The number of hydrogen-bond donors (Lipinski definition) is 1. The van der Waals surface area contributed by atoms with Gasteiger partial charge in [0.2, 0.25) is 15.1 Å². The van der Waals surface area contributed by atoms with E-state index >= 15 is 9.59 Å². The Morgan fingerprint density at radius 1 is 0.817 bits per heavy atom. The zero-order valence-electron chi connectivity index (χ0n) is 35.6. The molecule has 1 N–H and O–H groups in total. The minimum absolute atomic E-state index is 0.000221. The van der Waals surface area contributed by atoms with E-state index in [-0.39, 0.29) is 29.7 Å². The van der Waals surface area contributed by atoms with Crippen molar-refractivity contribution in [3.63, 3.8) is 0 Å². The second-order valence-corrected chi connectivity index (χ2v) is 22.9. The van der Waals surface area contributed by atoms with Gasteiger partial charge in [-0.3, -0.25) is 19.4 Å². The SMILES string of the molecule is CC(C)(C)[Si](C)(C)Oc1ccc(N(C(=O)c2cc(-c3cc4c(cc3C(=O)N3Cc5ccccc5CC3CN3CCNCC3)OCO4)n3c2CCCC3)c2ccccc2)cc1. The van der Waals surface area contributed by atoms with Crippen molar-refractivity contribution in [1.29, 1.82) is 0 Å². The highest BCUT2D eigenvalue weighted by molar-refractivity contribution is 6.74. The predicted molar refractivity (Wildman–Crippen MR) is 239 cm³/mol. The Hall–Kier alpha value is -5.36. The zero-order valence-corrected chi connectivity index (χ0v) is 36.6. The molecule has 4 aliphatic rings. The van der Waals surface area contributed by atoms with Gasteiger partial charge < -0.3 is 28.7 Å². The molecule has 312 valence electrons. The van der Waals surface area contributed by atoms with Crippen LogP contribution >= 0.6 is 0 Å². The van der Waals surface area contributed by atoms with Crippen LogP contribution in [0, 0.1) is 0 Å². The van der Waals surface area contributed by atoms with Gasteiger partial charge in [-0.2, -0.15) is 0 Å². The van der Waals surface area contributed by atoms with E-state index in [0.29, 0.717) is 29.2 Å². The summed E-state index contributed by atoms with van der Waals surface area (Å²) in [5.41, 5.74) is 7.79. The lowest BCUT2D eigenvalue weighted by atomic mass is 9.92. The molecule has 4 aliphatic heterocycles. The highest BCUT2D eigenvalue weighted by Gasteiger charge is 2.39. The van der Waals surface area contributed by atoms with Crippen LogP contribution in [0.25, 0.3) is 11.3 Å². The molecular formula is C49H57N5O5Si. The number of anilines is 2. The van der Waals surface area contributed by atoms with E-state index in [1.807, 2.05) is 77.7 Å². The van der Waals surface area contributed by atoms with Crippen molar-refractivity contribution in [3.8, 4) is 28.5 Å². The van der Waals surface area contributed by atoms with Gasteiger partial charge in [-0.25, -0.2) is 0 Å². The Bertz CT molecular complexity index is 2380. The van der Waals surface area contributed by atoms with Gasteiger partial charge in [0, 0.05) is 80.2 Å². The van der Waals surface area contributed by atoms with Crippen LogP contribution < -0.4 is 24.1 Å². The van der Waals surface area contributed by atoms with E-state index in [4.69, 9.17) is 13.9 Å². The number of amides is 2. The number of carbonyl (C=O) groups excluding carboxylic acids is 2. The van der Waals surface area contributed by atoms with Crippen LogP contribution in [-0.4, -0.2) is 80.1 Å². The fraction of sp³-hybridized carbons (Fsp3) is 0.388. The monoisotopic (exact) mass is 823 g/mol. The zero-order chi connectivity index (χ0) is 41.6. The number of carbonyl (C=O) groups is 2. The van der Waals surface area contributed by atoms with Crippen LogP contribution in [0.3, 0.4) is 0 Å². The summed E-state index contributed by atoms with van der Waals surface area (Å²) < 4.78 is 20.8. The molecule has 0 aliphatic carbocycles. The molecule has 11 heteroatoms. The molecule has 60 heavy (non-hydrogen) atoms. The summed E-state index contributed by atoms with van der Waals surface area (Å²) in [6, 6.07) is 32.1. The first-order valence-electron chi connectivity index (χ1n) is 21.6. The average molecular weight is 824 g/mol. The number of para-hydroxylation sites is 1. The fourth-order valence-electron chi connectivity index (χ4n) is 8.94. The van der Waals surface area contributed by atoms with E-state index in [2.05, 4.69) is 77.8 Å². The van der Waals surface area contributed by atoms with E-state index in [1.54, 1.807) is 0 Å². The van der Waals surface area contributed by atoms with Crippen LogP contribution in [-0.2, 0) is 25.9 Å². The summed E-state index contributed by atoms with van der Waals surface area (Å²) in [7, 11) is -2.07. The first kappa shape index (κ1) is 40.1. The second kappa shape index (κ2) is 16.2. The number of piperazine rings is 1. The molecule has 9 rings (SSSR count). The van der Waals surface area contributed by atoms with Crippen molar-refractivity contribution in [1.82, 2.24) is 19.7 Å². The van der Waals surface area contributed by atoms with Crippen molar-refractivity contribution >= 4 is 31.5 Å². The number of benzene rings is 4. The summed E-state index contributed by atoms with van der Waals surface area (Å²) >= 11 is 0. The predicted octanol–water partition coefficient (Wildman–Crippen LogP) is 9.05. The van der Waals surface area contributed by atoms with Crippen molar-refractivity contribution in [3.05, 3.63) is 125 Å². The second-order valence-electron chi connectivity index (χ2n) is 18.2. The molecule has 4 aromatic carbocycles. The van der Waals surface area contributed by atoms with E-state index in [1.165, 1.54) is 11.1 Å². The largest absolute Gasteiger partial charge is 0.544 e. The molecule has 1 atom stereocenters. The molecular weight excluding hydrogens is 767 g/mol. The van der Waals surface area contributed by atoms with Crippen molar-refractivity contribution < 1.29 is 23.5 Å². The molecule has 0 spiro atoms. The maximum Gasteiger partial charge on any atom is 0.264 e. The van der Waals surface area contributed by atoms with Gasteiger partial charge in [0.25, 0.3) is 11.8 Å². The summed E-state index contributed by atoms with van der Waals surface area (Å²) in [6.07, 6.45) is 3.50. The molecule has 1 fully saturated rings. The quantitative estimate of drug-likeness (QED) is 0.149. The van der Waals surface area contributed by atoms with Crippen molar-refractivity contribution in [2.24, 2.45) is 0 Å². The number of rotatable bonds is 9. The lowest BCUT2D eigenvalue weighted by molar-refractivity contribution is 0.0572. The molecule has 5 aromatic rings. The number of aromatic nitrogens is 1. The summed E-state index contributed by atoms with van der Waals surface area (Å²) in [4.78, 5) is 36.9. The number of fused-ring (bicyclic) bond motifs is 3. The van der Waals surface area contributed by atoms with Crippen LogP contribution in [0.2, 0.25) is 18.1 Å². The smallest absolute Gasteiger partial charge is 0.264 e. The van der Waals surface area contributed by atoms with Gasteiger partial charge in [0.15, 0.2) is 11.5 Å². The van der Waals surface area contributed by atoms with Gasteiger partial charge in [-0.15, -0.1) is 0 Å². The average Bonchev–Trinajstić information content (AvgIpc) is 3.88. The Morgan fingerprint density at radius 3 is 2.23 bits per heavy atom. The topological polar surface area (TPSA) is 88.5 Å². The third-order valence-electron chi connectivity index (χ3n) is 13.3. The van der Waals surface area contributed by atoms with Gasteiger partial charge in [0.05, 0.1) is 11.1 Å². The van der Waals surface area contributed by atoms with Gasteiger partial charge in [-0.05, 0) is 110 Å². The highest BCUT2D eigenvalue weighted by atomic mass is 28.4. The van der Waals surface area contributed by atoms with Gasteiger partial charge >= 0.3 is 0 Å². The fourth-order valence-corrected chi connectivity index (χ4v) is 9.97. The molecule has 1 saturated heterocycles. The molecule has 1 aromatic heterocycles. The van der Waals surface area contributed by atoms with E-state index < -0.39 is 8.32 Å². The normalized spacial score (nSPS) is 17.8. The maximum atomic E-state index is 15.3. The first-order valence-corrected chi connectivity index (χ1v) is 24.5. The van der Waals surface area contributed by atoms with Gasteiger partial charge in [0.1, 0.15) is 5.75 Å². The third kappa shape index (κ3) is 7.74. The standard InChI is InChI=1S/C49H57N5O5Si/c1-49(2,3)60(4,5)59-39-20-18-37(19-21-39)54(36-15-7-6-8-16-36)48(56)42-28-44(52-24-12-11-17-43(42)52)40-29-45-46(58-33-57-45)30-41(40)47(55)53-31-35-14-10-9-13-34(35)27-38(53)32-51-25-22-50-23-26-51/h6-10,13-16,18-21,28-30,38,50H,11-12,17,22-27,31-33H2,1-5H3. The highest BCUT2D eigenvalue weighted by Crippen LogP contribution is 2.43. The Morgan fingerprint density at radius 2 is 1.50 bits per heavy atom. The Balaban J connectivity index is 1.11. The number of nitrogens with zero attached hydrogens (tertiary/aromatic N) is 4.